The summed E-state index contributed by atoms with van der Waals surface area (Å²) in [5, 5.41) is 11.3. The van der Waals surface area contributed by atoms with Crippen LogP contribution in [0.1, 0.15) is 23.0 Å². The molecular weight excluding hydrogens is 445 g/mol. The van der Waals surface area contributed by atoms with Crippen molar-refractivity contribution in [3.05, 3.63) is 69.7 Å². The normalized spacial score (nSPS) is 18.3. The Morgan fingerprint density at radius 3 is 2.68 bits per heavy atom. The number of aromatic nitrogens is 3. The van der Waals surface area contributed by atoms with Crippen molar-refractivity contribution >= 4 is 39.3 Å². The maximum atomic E-state index is 13.4. The van der Waals surface area contributed by atoms with Crippen LogP contribution in [-0.4, -0.2) is 26.0 Å². The smallest absolute Gasteiger partial charge is 0.240 e. The monoisotopic (exact) mass is 461 g/mol. The number of carbonyl (C=O) groups excluding carboxylic acids is 1. The molecule has 0 bridgehead atoms. The summed E-state index contributed by atoms with van der Waals surface area (Å²) in [5.41, 5.74) is 5.81. The Labute approximate surface area is 174 Å². The average molecular weight is 462 g/mol. The highest BCUT2D eigenvalue weighted by Gasteiger charge is 2.37. The number of amides is 1. The number of fused-ring (bicyclic) bond motifs is 1. The first kappa shape index (κ1) is 18.9. The number of hydrogen-bond donors (Lipinski definition) is 2. The second-order valence-electron chi connectivity index (χ2n) is 6.51. The average Bonchev–Trinajstić information content (AvgIpc) is 3.04. The number of nitrogens with zero attached hydrogens (tertiary/aromatic N) is 3. The number of hydrogen-bond acceptors (Lipinski definition) is 5. The van der Waals surface area contributed by atoms with Gasteiger partial charge in [-0.3, -0.25) is 4.79 Å². The van der Waals surface area contributed by atoms with Crippen molar-refractivity contribution < 1.29 is 9.18 Å². The molecule has 0 aliphatic carbocycles. The van der Waals surface area contributed by atoms with Crippen molar-refractivity contribution in [1.29, 1.82) is 0 Å². The van der Waals surface area contributed by atoms with E-state index in [1.54, 1.807) is 16.8 Å². The first-order chi connectivity index (χ1) is 13.4. The van der Waals surface area contributed by atoms with Gasteiger partial charge in [0, 0.05) is 10.2 Å². The third kappa shape index (κ3) is 3.64. The van der Waals surface area contributed by atoms with Gasteiger partial charge in [-0.25, -0.2) is 9.07 Å². The molecule has 0 spiro atoms. The molecule has 1 aliphatic rings. The van der Waals surface area contributed by atoms with E-state index in [9.17, 15) is 9.18 Å². The van der Waals surface area contributed by atoms with E-state index >= 15 is 0 Å². The third-order valence-electron chi connectivity index (χ3n) is 4.53. The van der Waals surface area contributed by atoms with Crippen molar-refractivity contribution in [2.45, 2.75) is 30.3 Å². The fraction of sp³-hybridized carbons (Fsp3) is 0.211. The predicted molar refractivity (Wildman–Crippen MR) is 110 cm³/mol. The van der Waals surface area contributed by atoms with E-state index in [-0.39, 0.29) is 17.8 Å². The van der Waals surface area contributed by atoms with Gasteiger partial charge in [0.25, 0.3) is 0 Å². The molecule has 0 saturated carbocycles. The van der Waals surface area contributed by atoms with Crippen molar-refractivity contribution in [3.63, 3.8) is 0 Å². The van der Waals surface area contributed by atoms with Crippen LogP contribution in [-0.2, 0) is 4.79 Å². The molecule has 28 heavy (non-hydrogen) atoms. The van der Waals surface area contributed by atoms with Gasteiger partial charge in [0.1, 0.15) is 16.9 Å². The van der Waals surface area contributed by atoms with E-state index in [4.69, 9.17) is 0 Å². The van der Waals surface area contributed by atoms with E-state index in [1.165, 1.54) is 23.9 Å². The lowest BCUT2D eigenvalue weighted by atomic mass is 10.0. The fourth-order valence-electron chi connectivity index (χ4n) is 3.05. The molecule has 2 heterocycles. The van der Waals surface area contributed by atoms with Gasteiger partial charge >= 0.3 is 0 Å². The highest BCUT2D eigenvalue weighted by atomic mass is 79.9. The number of halogens is 2. The standard InChI is InChI=1S/C19H17BrFN5OS/c1-10-9-13(20)5-8-15(10)22-18(27)17-16(12-3-6-14(21)7-4-12)25-26-11(2)23-24-19(26)28-17/h3-9,16-17,25H,1-2H3,(H,22,27)/t16-,17-/m0/s1. The van der Waals surface area contributed by atoms with Crippen LogP contribution in [0.15, 0.2) is 52.1 Å². The number of aryl methyl sites for hydroxylation is 2. The Balaban J connectivity index is 1.67. The van der Waals surface area contributed by atoms with Crippen LogP contribution in [0, 0.1) is 19.7 Å². The van der Waals surface area contributed by atoms with E-state index in [1.807, 2.05) is 32.0 Å². The van der Waals surface area contributed by atoms with Crippen LogP contribution in [0.3, 0.4) is 0 Å². The van der Waals surface area contributed by atoms with Crippen LogP contribution in [0.4, 0.5) is 10.1 Å². The Kier molecular flexibility index (Phi) is 5.11. The molecule has 0 fully saturated rings. The largest absolute Gasteiger partial charge is 0.325 e. The Bertz CT molecular complexity index is 1040. The number of carbonyl (C=O) groups is 1. The molecule has 9 heteroatoms. The number of anilines is 1. The van der Waals surface area contributed by atoms with Gasteiger partial charge < -0.3 is 10.7 Å². The van der Waals surface area contributed by atoms with Gasteiger partial charge in [0.15, 0.2) is 0 Å². The van der Waals surface area contributed by atoms with Crippen LogP contribution >= 0.6 is 27.7 Å². The van der Waals surface area contributed by atoms with Gasteiger partial charge in [-0.15, -0.1) is 10.2 Å². The molecule has 3 aromatic rings. The van der Waals surface area contributed by atoms with Gasteiger partial charge in [-0.05, 0) is 55.3 Å². The minimum absolute atomic E-state index is 0.163. The highest BCUT2D eigenvalue weighted by molar-refractivity contribution is 9.10. The molecule has 4 rings (SSSR count). The zero-order valence-corrected chi connectivity index (χ0v) is 17.5. The van der Waals surface area contributed by atoms with Crippen LogP contribution < -0.4 is 10.7 Å². The third-order valence-corrected chi connectivity index (χ3v) is 6.24. The minimum Gasteiger partial charge on any atom is -0.325 e. The molecule has 0 radical (unpaired) electrons. The van der Waals surface area contributed by atoms with Gasteiger partial charge in [-0.2, -0.15) is 0 Å². The second-order valence-corrected chi connectivity index (χ2v) is 8.53. The van der Waals surface area contributed by atoms with Crippen LogP contribution in [0.5, 0.6) is 0 Å². The van der Waals surface area contributed by atoms with Crippen molar-refractivity contribution in [3.8, 4) is 0 Å². The molecule has 1 amide bonds. The van der Waals surface area contributed by atoms with E-state index in [0.29, 0.717) is 11.0 Å². The topological polar surface area (TPSA) is 71.8 Å². The summed E-state index contributed by atoms with van der Waals surface area (Å²) >= 11 is 4.76. The summed E-state index contributed by atoms with van der Waals surface area (Å²) < 4.78 is 16.1. The van der Waals surface area contributed by atoms with E-state index < -0.39 is 5.25 Å². The van der Waals surface area contributed by atoms with E-state index in [0.717, 1.165) is 21.3 Å². The van der Waals surface area contributed by atoms with Gasteiger partial charge in [0.2, 0.25) is 11.1 Å². The highest BCUT2D eigenvalue weighted by Crippen LogP contribution is 2.37. The molecule has 2 atom stereocenters. The maximum absolute atomic E-state index is 13.4. The lowest BCUT2D eigenvalue weighted by Gasteiger charge is -2.32. The molecule has 2 aromatic carbocycles. The summed E-state index contributed by atoms with van der Waals surface area (Å²) in [6, 6.07) is 11.5. The van der Waals surface area contributed by atoms with Crippen molar-refractivity contribution in [1.82, 2.24) is 14.9 Å². The second kappa shape index (κ2) is 7.56. The van der Waals surface area contributed by atoms with Gasteiger partial charge in [-0.1, -0.05) is 39.8 Å². The lowest BCUT2D eigenvalue weighted by Crippen LogP contribution is -2.41. The molecule has 1 aromatic heterocycles. The van der Waals surface area contributed by atoms with Crippen LogP contribution in [0.2, 0.25) is 0 Å². The zero-order chi connectivity index (χ0) is 19.8. The summed E-state index contributed by atoms with van der Waals surface area (Å²) in [6.07, 6.45) is 0. The predicted octanol–water partition coefficient (Wildman–Crippen LogP) is 4.19. The summed E-state index contributed by atoms with van der Waals surface area (Å²) in [5.74, 6) is 0.209. The SMILES string of the molecule is Cc1cc(Br)ccc1NC(=O)[C@H]1Sc2nnc(C)n2N[C@H]1c1ccc(F)cc1. The fourth-order valence-corrected chi connectivity index (χ4v) is 4.65. The Morgan fingerprint density at radius 1 is 1.21 bits per heavy atom. The summed E-state index contributed by atoms with van der Waals surface area (Å²) in [4.78, 5) is 13.2. The maximum Gasteiger partial charge on any atom is 0.240 e. The summed E-state index contributed by atoms with van der Waals surface area (Å²) in [6.45, 7) is 3.77. The zero-order valence-electron chi connectivity index (χ0n) is 15.1. The quantitative estimate of drug-likeness (QED) is 0.611. The molecule has 6 nitrogen and oxygen atoms in total. The minimum atomic E-state index is -0.510. The molecule has 1 aliphatic heterocycles. The van der Waals surface area contributed by atoms with Crippen molar-refractivity contribution in [2.24, 2.45) is 0 Å². The van der Waals surface area contributed by atoms with E-state index in [2.05, 4.69) is 36.9 Å². The van der Waals surface area contributed by atoms with Crippen LogP contribution in [0.25, 0.3) is 0 Å². The Morgan fingerprint density at radius 2 is 1.96 bits per heavy atom. The van der Waals surface area contributed by atoms with Crippen molar-refractivity contribution in [2.75, 3.05) is 10.7 Å². The molecule has 144 valence electrons. The number of nitrogens with one attached hydrogen (secondary N) is 2. The molecule has 0 unspecified atom stereocenters. The molecule has 0 saturated heterocycles. The number of rotatable bonds is 3. The Hall–Kier alpha value is -2.39. The summed E-state index contributed by atoms with van der Waals surface area (Å²) in [7, 11) is 0. The number of benzene rings is 2. The number of thioether (sulfide) groups is 1. The van der Waals surface area contributed by atoms with Gasteiger partial charge in [0.05, 0.1) is 6.04 Å². The molecular formula is C19H17BrFN5OS. The first-order valence-electron chi connectivity index (χ1n) is 8.60. The first-order valence-corrected chi connectivity index (χ1v) is 10.3. The lowest BCUT2D eigenvalue weighted by molar-refractivity contribution is -0.116. The molecule has 2 N–H and O–H groups in total.